The first-order valence-electron chi connectivity index (χ1n) is 5.24. The lowest BCUT2D eigenvalue weighted by molar-refractivity contribution is 0.560. The van der Waals surface area contributed by atoms with E-state index >= 15 is 0 Å². The lowest BCUT2D eigenvalue weighted by Crippen LogP contribution is -2.23. The van der Waals surface area contributed by atoms with Crippen molar-refractivity contribution in [3.05, 3.63) is 52.4 Å². The second-order valence-electron chi connectivity index (χ2n) is 3.46. The molecule has 0 aliphatic heterocycles. The van der Waals surface area contributed by atoms with Crippen molar-refractivity contribution in [2.75, 3.05) is 5.32 Å². The summed E-state index contributed by atoms with van der Waals surface area (Å²) in [5.41, 5.74) is 3.30. The van der Waals surface area contributed by atoms with Crippen molar-refractivity contribution in [3.63, 3.8) is 0 Å². The first-order chi connectivity index (χ1) is 9.15. The molecular formula is C12H9Cl2N3OS. The Morgan fingerprint density at radius 2 is 2.16 bits per heavy atom. The van der Waals surface area contributed by atoms with Crippen molar-refractivity contribution in [2.24, 2.45) is 5.10 Å². The number of rotatable bonds is 3. The maximum absolute atomic E-state index is 6.00. The van der Waals surface area contributed by atoms with Gasteiger partial charge < -0.3 is 9.73 Å². The molecule has 7 heteroatoms. The van der Waals surface area contributed by atoms with Gasteiger partial charge in [0.15, 0.2) is 5.11 Å². The van der Waals surface area contributed by atoms with Gasteiger partial charge in [0.05, 0.1) is 23.2 Å². The Balaban J connectivity index is 1.91. The van der Waals surface area contributed by atoms with E-state index in [9.17, 15) is 0 Å². The quantitative estimate of drug-likeness (QED) is 0.512. The molecule has 0 aliphatic rings. The third kappa shape index (κ3) is 4.24. The van der Waals surface area contributed by atoms with Crippen LogP contribution in [0.5, 0.6) is 0 Å². The third-order valence-corrected chi connectivity index (χ3v) is 2.82. The van der Waals surface area contributed by atoms with E-state index in [4.69, 9.17) is 39.8 Å². The van der Waals surface area contributed by atoms with Gasteiger partial charge in [0.2, 0.25) is 0 Å². The lowest BCUT2D eigenvalue weighted by atomic mass is 10.3. The standard InChI is InChI=1S/C12H9Cl2N3OS/c13-8-3-4-11(10(14)6-8)16-12(19)17-15-7-9-2-1-5-18-9/h1-7H,(H2,16,17,19)/b15-7-. The molecule has 0 unspecified atom stereocenters. The molecule has 1 aromatic carbocycles. The van der Waals surface area contributed by atoms with Crippen LogP contribution in [0, 0.1) is 0 Å². The van der Waals surface area contributed by atoms with Crippen molar-refractivity contribution in [1.29, 1.82) is 0 Å². The van der Waals surface area contributed by atoms with E-state index in [1.165, 1.54) is 6.21 Å². The van der Waals surface area contributed by atoms with E-state index in [2.05, 4.69) is 15.8 Å². The predicted molar refractivity (Wildman–Crippen MR) is 82.1 cm³/mol. The minimum atomic E-state index is 0.312. The monoisotopic (exact) mass is 313 g/mol. The van der Waals surface area contributed by atoms with Crippen LogP contribution in [-0.4, -0.2) is 11.3 Å². The summed E-state index contributed by atoms with van der Waals surface area (Å²) in [5.74, 6) is 0.625. The van der Waals surface area contributed by atoms with Gasteiger partial charge in [0, 0.05) is 5.02 Å². The summed E-state index contributed by atoms with van der Waals surface area (Å²) in [6.07, 6.45) is 3.07. The van der Waals surface area contributed by atoms with Gasteiger partial charge in [0.25, 0.3) is 0 Å². The largest absolute Gasteiger partial charge is 0.463 e. The highest BCUT2D eigenvalue weighted by molar-refractivity contribution is 7.80. The Morgan fingerprint density at radius 1 is 1.32 bits per heavy atom. The summed E-state index contributed by atoms with van der Waals surface area (Å²) in [4.78, 5) is 0. The molecule has 1 aromatic heterocycles. The molecule has 0 atom stereocenters. The fraction of sp³-hybridized carbons (Fsp3) is 0. The van der Waals surface area contributed by atoms with Crippen LogP contribution in [0.25, 0.3) is 0 Å². The molecule has 19 heavy (non-hydrogen) atoms. The number of hydrogen-bond acceptors (Lipinski definition) is 3. The zero-order valence-electron chi connectivity index (χ0n) is 9.56. The SMILES string of the molecule is S=C(N/N=C\c1ccco1)Nc1ccc(Cl)cc1Cl. The maximum atomic E-state index is 6.00. The average Bonchev–Trinajstić information content (AvgIpc) is 2.86. The van der Waals surface area contributed by atoms with Crippen LogP contribution in [0.3, 0.4) is 0 Å². The highest BCUT2D eigenvalue weighted by atomic mass is 35.5. The van der Waals surface area contributed by atoms with Gasteiger partial charge in [0.1, 0.15) is 5.76 Å². The summed E-state index contributed by atoms with van der Waals surface area (Å²) in [6, 6.07) is 8.61. The smallest absolute Gasteiger partial charge is 0.191 e. The zero-order chi connectivity index (χ0) is 13.7. The van der Waals surface area contributed by atoms with E-state index in [1.54, 1.807) is 36.6 Å². The molecule has 98 valence electrons. The van der Waals surface area contributed by atoms with Crippen LogP contribution >= 0.6 is 35.4 Å². The van der Waals surface area contributed by atoms with Gasteiger partial charge >= 0.3 is 0 Å². The summed E-state index contributed by atoms with van der Waals surface area (Å²) >= 11 is 16.9. The van der Waals surface area contributed by atoms with Crippen LogP contribution in [0.15, 0.2) is 46.1 Å². The number of thiocarbonyl (C=S) groups is 1. The summed E-state index contributed by atoms with van der Waals surface area (Å²) in [5, 5.41) is 8.17. The summed E-state index contributed by atoms with van der Waals surface area (Å²) in [7, 11) is 0. The molecule has 0 radical (unpaired) electrons. The molecule has 2 aromatic rings. The van der Waals surface area contributed by atoms with Crippen LogP contribution in [0.2, 0.25) is 10.0 Å². The van der Waals surface area contributed by atoms with Crippen molar-refractivity contribution in [1.82, 2.24) is 5.43 Å². The van der Waals surface area contributed by atoms with E-state index < -0.39 is 0 Å². The van der Waals surface area contributed by atoms with Gasteiger partial charge in [-0.3, -0.25) is 5.43 Å². The van der Waals surface area contributed by atoms with E-state index in [0.29, 0.717) is 26.6 Å². The first-order valence-corrected chi connectivity index (χ1v) is 6.40. The summed E-state index contributed by atoms with van der Waals surface area (Å²) in [6.45, 7) is 0. The van der Waals surface area contributed by atoms with Crippen LogP contribution < -0.4 is 10.7 Å². The Labute approximate surface area is 125 Å². The van der Waals surface area contributed by atoms with Gasteiger partial charge in [-0.25, -0.2) is 0 Å². The number of benzene rings is 1. The molecular weight excluding hydrogens is 305 g/mol. The normalized spacial score (nSPS) is 10.6. The molecule has 2 rings (SSSR count). The molecule has 4 nitrogen and oxygen atoms in total. The molecule has 0 aliphatic carbocycles. The molecule has 0 amide bonds. The fourth-order valence-electron chi connectivity index (χ4n) is 1.26. The molecule has 1 heterocycles. The van der Waals surface area contributed by atoms with Crippen molar-refractivity contribution < 1.29 is 4.42 Å². The van der Waals surface area contributed by atoms with Gasteiger partial charge in [-0.05, 0) is 42.5 Å². The van der Waals surface area contributed by atoms with Crippen molar-refractivity contribution in [2.45, 2.75) is 0 Å². The Kier molecular flexibility index (Phi) is 4.79. The van der Waals surface area contributed by atoms with Crippen LogP contribution in [0.1, 0.15) is 5.76 Å². The number of anilines is 1. The van der Waals surface area contributed by atoms with Gasteiger partial charge in [-0.1, -0.05) is 23.2 Å². The molecule has 0 spiro atoms. The minimum Gasteiger partial charge on any atom is -0.463 e. The molecule has 0 saturated carbocycles. The second kappa shape index (κ2) is 6.56. The predicted octanol–water partition coefficient (Wildman–Crippen LogP) is 3.91. The number of hydrogen-bond donors (Lipinski definition) is 2. The molecule has 0 bridgehead atoms. The van der Waals surface area contributed by atoms with E-state index in [0.717, 1.165) is 0 Å². The number of nitrogens with zero attached hydrogens (tertiary/aromatic N) is 1. The number of furan rings is 1. The Bertz CT molecular complexity index is 599. The number of halogens is 2. The number of hydrazone groups is 1. The average molecular weight is 314 g/mol. The van der Waals surface area contributed by atoms with E-state index in [1.807, 2.05) is 0 Å². The fourth-order valence-corrected chi connectivity index (χ4v) is 1.88. The van der Waals surface area contributed by atoms with Gasteiger partial charge in [-0.2, -0.15) is 5.10 Å². The van der Waals surface area contributed by atoms with E-state index in [-0.39, 0.29) is 0 Å². The Morgan fingerprint density at radius 3 is 2.84 bits per heavy atom. The molecule has 0 saturated heterocycles. The highest BCUT2D eigenvalue weighted by Gasteiger charge is 2.02. The third-order valence-electron chi connectivity index (χ3n) is 2.08. The van der Waals surface area contributed by atoms with Crippen LogP contribution in [0.4, 0.5) is 5.69 Å². The maximum Gasteiger partial charge on any atom is 0.191 e. The first kappa shape index (κ1) is 13.9. The highest BCUT2D eigenvalue weighted by Crippen LogP contribution is 2.25. The number of nitrogens with one attached hydrogen (secondary N) is 2. The topological polar surface area (TPSA) is 49.6 Å². The Hall–Kier alpha value is -1.56. The van der Waals surface area contributed by atoms with Gasteiger partial charge in [-0.15, -0.1) is 0 Å². The van der Waals surface area contributed by atoms with Crippen LogP contribution in [-0.2, 0) is 0 Å². The van der Waals surface area contributed by atoms with Crippen molar-refractivity contribution in [3.8, 4) is 0 Å². The minimum absolute atomic E-state index is 0.312. The summed E-state index contributed by atoms with van der Waals surface area (Å²) < 4.78 is 5.08. The van der Waals surface area contributed by atoms with Crippen molar-refractivity contribution >= 4 is 52.4 Å². The second-order valence-corrected chi connectivity index (χ2v) is 4.72. The molecule has 2 N–H and O–H groups in total. The zero-order valence-corrected chi connectivity index (χ0v) is 11.9. The molecule has 0 fully saturated rings. The lowest BCUT2D eigenvalue weighted by Gasteiger charge is -2.08.